The van der Waals surface area contributed by atoms with Crippen LogP contribution >= 0.6 is 0 Å². The van der Waals surface area contributed by atoms with Gasteiger partial charge in [-0.1, -0.05) is 29.4 Å². The van der Waals surface area contributed by atoms with Crippen molar-refractivity contribution < 1.29 is 32.0 Å². The molecule has 2 aromatic carbocycles. The third-order valence-corrected chi connectivity index (χ3v) is 3.78. The predicted octanol–water partition coefficient (Wildman–Crippen LogP) is 4.05. The normalized spacial score (nSPS) is 11.3. The Morgan fingerprint density at radius 2 is 1.89 bits per heavy atom. The Labute approximate surface area is 157 Å². The minimum Gasteiger partial charge on any atom is -0.497 e. The maximum atomic E-state index is 12.5. The van der Waals surface area contributed by atoms with E-state index in [-0.39, 0.29) is 18.9 Å². The summed E-state index contributed by atoms with van der Waals surface area (Å²) < 4.78 is 52.8. The van der Waals surface area contributed by atoms with Crippen LogP contribution in [0.25, 0.3) is 11.4 Å². The molecule has 0 fully saturated rings. The monoisotopic (exact) mass is 392 g/mol. The molecule has 0 unspecified atom stereocenters. The van der Waals surface area contributed by atoms with Crippen LogP contribution in [0.2, 0.25) is 0 Å². The molecule has 146 valence electrons. The lowest BCUT2D eigenvalue weighted by atomic mass is 10.1. The van der Waals surface area contributed by atoms with E-state index in [1.54, 1.807) is 24.3 Å². The topological polar surface area (TPSA) is 74.5 Å². The summed E-state index contributed by atoms with van der Waals surface area (Å²) in [7, 11) is 1.54. The Balaban J connectivity index is 1.56. The molecule has 0 amide bonds. The first-order chi connectivity index (χ1) is 13.3. The van der Waals surface area contributed by atoms with E-state index in [9.17, 15) is 18.0 Å². The molecule has 0 atom stereocenters. The number of aromatic nitrogens is 2. The molecule has 1 heterocycles. The van der Waals surface area contributed by atoms with E-state index in [0.717, 1.165) is 12.1 Å². The van der Waals surface area contributed by atoms with Gasteiger partial charge < -0.3 is 14.0 Å². The van der Waals surface area contributed by atoms with Crippen molar-refractivity contribution in [1.29, 1.82) is 0 Å². The zero-order valence-electron chi connectivity index (χ0n) is 14.7. The number of halogens is 3. The molecule has 0 aliphatic rings. The molecule has 0 aliphatic carbocycles. The largest absolute Gasteiger partial charge is 0.497 e. The first kappa shape index (κ1) is 19.4. The second-order valence-corrected chi connectivity index (χ2v) is 5.78. The summed E-state index contributed by atoms with van der Waals surface area (Å²) in [5.41, 5.74) is 0.298. The lowest BCUT2D eigenvalue weighted by Crippen LogP contribution is -2.09. The number of benzene rings is 2. The van der Waals surface area contributed by atoms with Gasteiger partial charge in [-0.05, 0) is 29.8 Å². The van der Waals surface area contributed by atoms with Gasteiger partial charge >= 0.3 is 12.1 Å². The molecule has 0 saturated carbocycles. The predicted molar refractivity (Wildman–Crippen MR) is 91.2 cm³/mol. The number of ether oxygens (including phenoxy) is 2. The number of alkyl halides is 3. The van der Waals surface area contributed by atoms with Crippen molar-refractivity contribution in [3.8, 4) is 17.1 Å². The molecule has 9 heteroatoms. The van der Waals surface area contributed by atoms with Crippen LogP contribution in [-0.2, 0) is 28.7 Å². The molecule has 3 aromatic rings. The fourth-order valence-corrected chi connectivity index (χ4v) is 2.36. The van der Waals surface area contributed by atoms with Crippen molar-refractivity contribution in [2.45, 2.75) is 19.2 Å². The van der Waals surface area contributed by atoms with E-state index in [1.165, 1.54) is 19.2 Å². The molecule has 0 saturated heterocycles. The summed E-state index contributed by atoms with van der Waals surface area (Å²) in [6.07, 6.45) is -4.59. The zero-order chi connectivity index (χ0) is 20.1. The molecule has 0 bridgehead atoms. The van der Waals surface area contributed by atoms with Crippen LogP contribution < -0.4 is 4.74 Å². The van der Waals surface area contributed by atoms with Crippen LogP contribution in [0.5, 0.6) is 5.75 Å². The molecule has 1 aromatic heterocycles. The van der Waals surface area contributed by atoms with Crippen LogP contribution in [0, 0.1) is 0 Å². The van der Waals surface area contributed by atoms with Gasteiger partial charge in [-0.25, -0.2) is 0 Å². The second kappa shape index (κ2) is 8.12. The van der Waals surface area contributed by atoms with Gasteiger partial charge in [0.1, 0.15) is 5.75 Å². The molecule has 0 radical (unpaired) electrons. The molecule has 0 spiro atoms. The molecule has 6 nitrogen and oxygen atoms in total. The van der Waals surface area contributed by atoms with E-state index < -0.39 is 17.7 Å². The number of esters is 1. The van der Waals surface area contributed by atoms with Crippen molar-refractivity contribution in [1.82, 2.24) is 10.1 Å². The molecular formula is C19H15F3N2O4. The zero-order valence-corrected chi connectivity index (χ0v) is 14.7. The highest BCUT2D eigenvalue weighted by molar-refractivity contribution is 5.72. The summed E-state index contributed by atoms with van der Waals surface area (Å²) in [6, 6.07) is 11.3. The van der Waals surface area contributed by atoms with Crippen LogP contribution in [-0.4, -0.2) is 23.2 Å². The van der Waals surface area contributed by atoms with E-state index in [2.05, 4.69) is 10.1 Å². The average Bonchev–Trinajstić information content (AvgIpc) is 3.15. The maximum absolute atomic E-state index is 12.5. The van der Waals surface area contributed by atoms with Gasteiger partial charge in [-0.3, -0.25) is 4.79 Å². The van der Waals surface area contributed by atoms with Gasteiger partial charge in [0, 0.05) is 5.56 Å². The van der Waals surface area contributed by atoms with Crippen molar-refractivity contribution >= 4 is 5.97 Å². The van der Waals surface area contributed by atoms with Crippen molar-refractivity contribution in [2.75, 3.05) is 7.11 Å². The van der Waals surface area contributed by atoms with E-state index >= 15 is 0 Å². The Morgan fingerprint density at radius 3 is 2.57 bits per heavy atom. The highest BCUT2D eigenvalue weighted by atomic mass is 19.4. The highest BCUT2D eigenvalue weighted by Gasteiger charge is 2.30. The standard InChI is InChI=1S/C19H15F3N2O4/c1-26-15-4-2-3-13(10-15)18-23-16(28-24-18)11-27-17(25)9-12-5-7-14(8-6-12)19(20,21)22/h2-8,10H,9,11H2,1H3. The van der Waals surface area contributed by atoms with Crippen molar-refractivity contribution in [3.63, 3.8) is 0 Å². The van der Waals surface area contributed by atoms with Gasteiger partial charge in [0.15, 0.2) is 6.61 Å². The summed E-state index contributed by atoms with van der Waals surface area (Å²) >= 11 is 0. The SMILES string of the molecule is COc1cccc(-c2noc(COC(=O)Cc3ccc(C(F)(F)F)cc3)n2)c1. The summed E-state index contributed by atoms with van der Waals surface area (Å²) in [4.78, 5) is 16.0. The lowest BCUT2D eigenvalue weighted by molar-refractivity contribution is -0.144. The fraction of sp³-hybridized carbons (Fsp3) is 0.211. The van der Waals surface area contributed by atoms with Gasteiger partial charge in [-0.15, -0.1) is 0 Å². The number of methoxy groups -OCH3 is 1. The smallest absolute Gasteiger partial charge is 0.416 e. The summed E-state index contributed by atoms with van der Waals surface area (Å²) in [6.45, 7) is -0.240. The lowest BCUT2D eigenvalue weighted by Gasteiger charge is -2.07. The molecule has 0 N–H and O–H groups in total. The van der Waals surface area contributed by atoms with Crippen LogP contribution in [0.15, 0.2) is 53.1 Å². The van der Waals surface area contributed by atoms with Gasteiger partial charge in [0.2, 0.25) is 5.82 Å². The Kier molecular flexibility index (Phi) is 5.62. The second-order valence-electron chi connectivity index (χ2n) is 5.78. The van der Waals surface area contributed by atoms with Crippen LogP contribution in [0.3, 0.4) is 0 Å². The average molecular weight is 392 g/mol. The van der Waals surface area contributed by atoms with Crippen LogP contribution in [0.4, 0.5) is 13.2 Å². The highest BCUT2D eigenvalue weighted by Crippen LogP contribution is 2.29. The van der Waals surface area contributed by atoms with Crippen LogP contribution in [0.1, 0.15) is 17.0 Å². The van der Waals surface area contributed by atoms with Gasteiger partial charge in [0.25, 0.3) is 5.89 Å². The quantitative estimate of drug-likeness (QED) is 0.589. The molecule has 3 rings (SSSR count). The molecule has 28 heavy (non-hydrogen) atoms. The third kappa shape index (κ3) is 4.87. The number of hydrogen-bond donors (Lipinski definition) is 0. The summed E-state index contributed by atoms with van der Waals surface area (Å²) in [5.74, 6) is 0.416. The number of carbonyl (C=O) groups excluding carboxylic acids is 1. The Hall–Kier alpha value is -3.36. The first-order valence-electron chi connectivity index (χ1n) is 8.14. The summed E-state index contributed by atoms with van der Waals surface area (Å²) in [5, 5.41) is 3.82. The maximum Gasteiger partial charge on any atom is 0.416 e. The molecular weight excluding hydrogens is 377 g/mol. The minimum atomic E-state index is -4.42. The Bertz CT molecular complexity index is 952. The third-order valence-electron chi connectivity index (χ3n) is 3.78. The first-order valence-corrected chi connectivity index (χ1v) is 8.14. The van der Waals surface area contributed by atoms with E-state index in [1.807, 2.05) is 0 Å². The number of carbonyl (C=O) groups is 1. The van der Waals surface area contributed by atoms with E-state index in [4.69, 9.17) is 14.0 Å². The van der Waals surface area contributed by atoms with Gasteiger partial charge in [-0.2, -0.15) is 18.2 Å². The molecule has 0 aliphatic heterocycles. The number of hydrogen-bond acceptors (Lipinski definition) is 6. The van der Waals surface area contributed by atoms with E-state index in [0.29, 0.717) is 22.7 Å². The Morgan fingerprint density at radius 1 is 1.14 bits per heavy atom. The minimum absolute atomic E-state index is 0.0959. The number of nitrogens with zero attached hydrogens (tertiary/aromatic N) is 2. The fourth-order valence-electron chi connectivity index (χ4n) is 2.36. The van der Waals surface area contributed by atoms with Crippen molar-refractivity contribution in [2.24, 2.45) is 0 Å². The van der Waals surface area contributed by atoms with Gasteiger partial charge in [0.05, 0.1) is 19.1 Å². The van der Waals surface area contributed by atoms with Crippen molar-refractivity contribution in [3.05, 3.63) is 65.5 Å². The number of rotatable bonds is 6.